The number of nitrogens with zero attached hydrogens (tertiary/aromatic N) is 2. The summed E-state index contributed by atoms with van der Waals surface area (Å²) >= 11 is 18.4. The Balaban J connectivity index is 1.63. The normalized spacial score (nSPS) is 12.6. The highest BCUT2D eigenvalue weighted by atomic mass is 35.5. The predicted octanol–water partition coefficient (Wildman–Crippen LogP) is 7.39. The number of aromatic nitrogens is 1. The van der Waals surface area contributed by atoms with Crippen molar-refractivity contribution in [3.63, 3.8) is 0 Å². The summed E-state index contributed by atoms with van der Waals surface area (Å²) in [5, 5.41) is 3.91. The summed E-state index contributed by atoms with van der Waals surface area (Å²) in [5.74, 6) is 1.07. The zero-order chi connectivity index (χ0) is 29.7. The molecule has 0 aliphatic rings. The maximum Gasteiger partial charge on any atom is 0.424 e. The SMILES string of the molecule is C[C@H](Cc1ccc(Nc2ncc(CN(C(=O)OC(C)(C)C)S(C)(=O)=O)o2)cc1)c1cc(Cl)c(OCCCl)c(Cl)c1. The lowest BCUT2D eigenvalue weighted by molar-refractivity contribution is 0.0375. The third kappa shape index (κ3) is 9.19. The van der Waals surface area contributed by atoms with Crippen LogP contribution in [0.4, 0.5) is 16.5 Å². The molecule has 0 radical (unpaired) electrons. The van der Waals surface area contributed by atoms with Crippen molar-refractivity contribution >= 4 is 62.6 Å². The van der Waals surface area contributed by atoms with Crippen molar-refractivity contribution in [2.24, 2.45) is 0 Å². The maximum absolute atomic E-state index is 12.4. The Morgan fingerprint density at radius 1 is 1.15 bits per heavy atom. The predicted molar refractivity (Wildman–Crippen MR) is 158 cm³/mol. The highest BCUT2D eigenvalue weighted by Crippen LogP contribution is 2.37. The molecule has 1 heterocycles. The molecule has 0 saturated carbocycles. The topological polar surface area (TPSA) is 111 Å². The summed E-state index contributed by atoms with van der Waals surface area (Å²) < 4.78 is 41.3. The van der Waals surface area contributed by atoms with Crippen molar-refractivity contribution in [3.8, 4) is 5.75 Å². The average Bonchev–Trinajstić information content (AvgIpc) is 3.28. The van der Waals surface area contributed by atoms with Crippen molar-refractivity contribution in [1.82, 2.24) is 9.29 Å². The van der Waals surface area contributed by atoms with Crippen LogP contribution in [0.3, 0.4) is 0 Å². The Hall–Kier alpha value is -2.66. The van der Waals surface area contributed by atoms with E-state index in [1.165, 1.54) is 6.20 Å². The second kappa shape index (κ2) is 13.3. The zero-order valence-electron chi connectivity index (χ0n) is 22.8. The molecule has 1 aromatic heterocycles. The second-order valence-electron chi connectivity index (χ2n) is 10.2. The molecule has 40 heavy (non-hydrogen) atoms. The Kier molecular flexibility index (Phi) is 10.6. The lowest BCUT2D eigenvalue weighted by Crippen LogP contribution is -2.39. The summed E-state index contributed by atoms with van der Waals surface area (Å²) in [4.78, 5) is 16.6. The number of hydrogen-bond acceptors (Lipinski definition) is 8. The molecule has 1 N–H and O–H groups in total. The first-order chi connectivity index (χ1) is 18.7. The van der Waals surface area contributed by atoms with Crippen LogP contribution in [0.2, 0.25) is 10.0 Å². The number of hydrogen-bond donors (Lipinski definition) is 1. The van der Waals surface area contributed by atoms with E-state index in [4.69, 9.17) is 48.7 Å². The van der Waals surface area contributed by atoms with Crippen molar-refractivity contribution in [2.75, 3.05) is 24.1 Å². The van der Waals surface area contributed by atoms with Gasteiger partial charge in [0.15, 0.2) is 5.75 Å². The minimum atomic E-state index is -3.91. The van der Waals surface area contributed by atoms with Gasteiger partial charge in [0.25, 0.3) is 6.01 Å². The second-order valence-corrected chi connectivity index (χ2v) is 13.3. The summed E-state index contributed by atoms with van der Waals surface area (Å²) in [6, 6.07) is 11.5. The average molecular weight is 633 g/mol. The molecule has 218 valence electrons. The number of oxazole rings is 1. The Morgan fingerprint density at radius 2 is 1.77 bits per heavy atom. The molecule has 0 saturated heterocycles. The molecule has 3 aromatic rings. The quantitative estimate of drug-likeness (QED) is 0.218. The minimum absolute atomic E-state index is 0.132. The lowest BCUT2D eigenvalue weighted by Gasteiger charge is -2.25. The summed E-state index contributed by atoms with van der Waals surface area (Å²) in [6.07, 6.45) is 2.02. The first-order valence-corrected chi connectivity index (χ1v) is 15.5. The van der Waals surface area contributed by atoms with Gasteiger partial charge in [-0.3, -0.25) is 0 Å². The van der Waals surface area contributed by atoms with Crippen LogP contribution in [0.1, 0.15) is 50.5 Å². The highest BCUT2D eigenvalue weighted by Gasteiger charge is 2.30. The van der Waals surface area contributed by atoms with E-state index >= 15 is 0 Å². The molecular weight excluding hydrogens is 601 g/mol. The Morgan fingerprint density at radius 3 is 2.33 bits per heavy atom. The van der Waals surface area contributed by atoms with E-state index in [2.05, 4.69) is 17.2 Å². The first-order valence-electron chi connectivity index (χ1n) is 12.4. The smallest absolute Gasteiger partial charge is 0.424 e. The van der Waals surface area contributed by atoms with E-state index in [1.54, 1.807) is 20.8 Å². The van der Waals surface area contributed by atoms with E-state index in [9.17, 15) is 13.2 Å². The molecule has 3 rings (SSSR count). The largest absolute Gasteiger partial charge is 0.489 e. The van der Waals surface area contributed by atoms with Crippen LogP contribution < -0.4 is 10.1 Å². The molecule has 13 heteroatoms. The lowest BCUT2D eigenvalue weighted by atomic mass is 9.93. The van der Waals surface area contributed by atoms with Crippen LogP contribution in [-0.4, -0.2) is 48.1 Å². The van der Waals surface area contributed by atoms with Gasteiger partial charge >= 0.3 is 6.09 Å². The summed E-state index contributed by atoms with van der Waals surface area (Å²) in [7, 11) is -3.91. The van der Waals surface area contributed by atoms with Crippen molar-refractivity contribution in [2.45, 2.75) is 52.2 Å². The molecule has 9 nitrogen and oxygen atoms in total. The van der Waals surface area contributed by atoms with E-state index in [0.29, 0.717) is 38.3 Å². The Bertz CT molecular complexity index is 1400. The van der Waals surface area contributed by atoms with Gasteiger partial charge in [-0.15, -0.1) is 11.6 Å². The number of rotatable bonds is 11. The fourth-order valence-electron chi connectivity index (χ4n) is 3.67. The standard InChI is InChI=1S/C27H32Cl3N3O6S/c1-17(19-13-22(29)24(23(30)14-19)37-11-10-28)12-18-6-8-20(9-7-18)32-25-31-15-21(38-25)16-33(40(5,35)36)26(34)39-27(2,3)4/h6-9,13-15,17H,10-12,16H2,1-5H3,(H,31,32)/t17-/m1/s1. The van der Waals surface area contributed by atoms with E-state index < -0.39 is 21.7 Å². The zero-order valence-corrected chi connectivity index (χ0v) is 25.9. The molecule has 0 aliphatic heterocycles. The highest BCUT2D eigenvalue weighted by molar-refractivity contribution is 7.88. The molecular formula is C27H32Cl3N3O6S. The van der Waals surface area contributed by atoms with Crippen LogP contribution >= 0.6 is 34.8 Å². The number of ether oxygens (including phenoxy) is 2. The van der Waals surface area contributed by atoms with Gasteiger partial charge in [-0.25, -0.2) is 18.2 Å². The van der Waals surface area contributed by atoms with Crippen molar-refractivity contribution in [1.29, 1.82) is 0 Å². The fourth-order valence-corrected chi connectivity index (χ4v) is 5.03. The first kappa shape index (κ1) is 31.9. The Labute approximate surface area is 249 Å². The number of benzene rings is 2. The number of carbonyl (C=O) groups excluding carboxylic acids is 1. The number of alkyl halides is 1. The third-order valence-electron chi connectivity index (χ3n) is 5.51. The number of halogens is 3. The van der Waals surface area contributed by atoms with Gasteiger partial charge in [0.05, 0.1) is 28.4 Å². The molecule has 0 spiro atoms. The van der Waals surface area contributed by atoms with Gasteiger partial charge < -0.3 is 19.2 Å². The molecule has 0 aliphatic carbocycles. The third-order valence-corrected chi connectivity index (χ3v) is 7.31. The number of amides is 1. The van der Waals surface area contributed by atoms with Crippen LogP contribution in [0.5, 0.6) is 5.75 Å². The number of carbonyl (C=O) groups is 1. The van der Waals surface area contributed by atoms with Crippen LogP contribution in [0.15, 0.2) is 47.0 Å². The summed E-state index contributed by atoms with van der Waals surface area (Å²) in [5.41, 5.74) is 1.92. The molecule has 0 bridgehead atoms. The van der Waals surface area contributed by atoms with Gasteiger partial charge in [0.1, 0.15) is 24.5 Å². The molecule has 1 atom stereocenters. The molecule has 1 amide bonds. The molecule has 2 aromatic carbocycles. The molecule has 0 unspecified atom stereocenters. The van der Waals surface area contributed by atoms with Gasteiger partial charge in [0, 0.05) is 5.69 Å². The van der Waals surface area contributed by atoms with E-state index in [1.807, 2.05) is 36.4 Å². The molecule has 0 fully saturated rings. The number of sulfonamides is 1. The van der Waals surface area contributed by atoms with Gasteiger partial charge in [0.2, 0.25) is 10.0 Å². The van der Waals surface area contributed by atoms with Crippen LogP contribution in [0.25, 0.3) is 0 Å². The fraction of sp³-hybridized carbons (Fsp3) is 0.407. The van der Waals surface area contributed by atoms with E-state index in [0.717, 1.165) is 23.8 Å². The van der Waals surface area contributed by atoms with Crippen molar-refractivity contribution in [3.05, 3.63) is 69.5 Å². The van der Waals surface area contributed by atoms with E-state index in [-0.39, 0.29) is 24.2 Å². The number of anilines is 2. The van der Waals surface area contributed by atoms with Gasteiger partial charge in [-0.1, -0.05) is 42.3 Å². The van der Waals surface area contributed by atoms with Crippen molar-refractivity contribution < 1.29 is 27.1 Å². The maximum atomic E-state index is 12.4. The monoisotopic (exact) mass is 631 g/mol. The van der Waals surface area contributed by atoms with Gasteiger partial charge in [-0.05, 0) is 68.5 Å². The summed E-state index contributed by atoms with van der Waals surface area (Å²) in [6.45, 7) is 6.99. The van der Waals surface area contributed by atoms with Gasteiger partial charge in [-0.2, -0.15) is 4.31 Å². The number of nitrogens with one attached hydrogen (secondary N) is 1. The van der Waals surface area contributed by atoms with Crippen LogP contribution in [-0.2, 0) is 27.7 Å². The van der Waals surface area contributed by atoms with Crippen LogP contribution in [0, 0.1) is 0 Å². The minimum Gasteiger partial charge on any atom is -0.489 e.